The van der Waals surface area contributed by atoms with Crippen molar-refractivity contribution in [3.63, 3.8) is 0 Å². The van der Waals surface area contributed by atoms with Gasteiger partial charge in [-0.25, -0.2) is 0 Å². The van der Waals surface area contributed by atoms with Gasteiger partial charge >= 0.3 is 0 Å². The Hall–Kier alpha value is -1.22. The summed E-state index contributed by atoms with van der Waals surface area (Å²) in [5.74, 6) is 2.46. The van der Waals surface area contributed by atoms with Crippen LogP contribution in [0.5, 0.6) is 11.5 Å². The van der Waals surface area contributed by atoms with Crippen molar-refractivity contribution in [2.45, 2.75) is 39.2 Å². The van der Waals surface area contributed by atoms with Crippen LogP contribution in [-0.4, -0.2) is 26.3 Å². The van der Waals surface area contributed by atoms with Crippen molar-refractivity contribution in [3.8, 4) is 11.5 Å². The number of rotatable bonds is 8. The molecule has 0 spiro atoms. The molecular weight excluding hydrogens is 238 g/mol. The molecule has 3 heteroatoms. The monoisotopic (exact) mass is 263 g/mol. The van der Waals surface area contributed by atoms with Gasteiger partial charge in [0.05, 0.1) is 7.11 Å². The van der Waals surface area contributed by atoms with E-state index in [9.17, 15) is 0 Å². The van der Waals surface area contributed by atoms with Crippen LogP contribution in [0.25, 0.3) is 0 Å². The first-order chi connectivity index (χ1) is 9.24. The van der Waals surface area contributed by atoms with Crippen molar-refractivity contribution in [2.75, 3.05) is 20.3 Å². The lowest BCUT2D eigenvalue weighted by Crippen LogP contribution is -2.37. The Morgan fingerprint density at radius 1 is 1.32 bits per heavy atom. The molecular formula is C16H25NO2. The van der Waals surface area contributed by atoms with E-state index in [1.54, 1.807) is 7.11 Å². The first kappa shape index (κ1) is 14.2. The topological polar surface area (TPSA) is 30.5 Å². The standard InChI is InChI=1S/C16H25NO2/c1-4-9-17-14(13-6-7-13)11-19-15-8-5-12(2)10-16(15)18-3/h5,8,10,13-14,17H,4,6-7,9,11H2,1-3H3. The molecule has 0 aromatic heterocycles. The molecule has 3 nitrogen and oxygen atoms in total. The van der Waals surface area contributed by atoms with Crippen LogP contribution in [0.1, 0.15) is 31.7 Å². The van der Waals surface area contributed by atoms with Crippen molar-refractivity contribution in [1.29, 1.82) is 0 Å². The number of aryl methyl sites for hydroxylation is 1. The molecule has 0 aliphatic heterocycles. The number of ether oxygens (including phenoxy) is 2. The van der Waals surface area contributed by atoms with Gasteiger partial charge in [-0.05, 0) is 56.3 Å². The maximum atomic E-state index is 5.96. The molecule has 0 bridgehead atoms. The minimum atomic E-state index is 0.478. The highest BCUT2D eigenvalue weighted by atomic mass is 16.5. The van der Waals surface area contributed by atoms with Crippen LogP contribution in [0, 0.1) is 12.8 Å². The first-order valence-corrected chi connectivity index (χ1v) is 7.25. The fraction of sp³-hybridized carbons (Fsp3) is 0.625. The van der Waals surface area contributed by atoms with E-state index >= 15 is 0 Å². The molecule has 0 amide bonds. The molecule has 1 aromatic rings. The summed E-state index contributed by atoms with van der Waals surface area (Å²) in [7, 11) is 1.69. The largest absolute Gasteiger partial charge is 0.493 e. The Morgan fingerprint density at radius 3 is 2.74 bits per heavy atom. The number of nitrogens with one attached hydrogen (secondary N) is 1. The van der Waals surface area contributed by atoms with Crippen LogP contribution >= 0.6 is 0 Å². The molecule has 19 heavy (non-hydrogen) atoms. The first-order valence-electron chi connectivity index (χ1n) is 7.25. The fourth-order valence-electron chi connectivity index (χ4n) is 2.26. The van der Waals surface area contributed by atoms with Crippen LogP contribution in [-0.2, 0) is 0 Å². The van der Waals surface area contributed by atoms with E-state index in [2.05, 4.69) is 25.2 Å². The molecule has 0 heterocycles. The van der Waals surface area contributed by atoms with Crippen LogP contribution < -0.4 is 14.8 Å². The molecule has 1 atom stereocenters. The third kappa shape index (κ3) is 4.13. The summed E-state index contributed by atoms with van der Waals surface area (Å²) in [4.78, 5) is 0. The Bertz CT molecular complexity index is 402. The quantitative estimate of drug-likeness (QED) is 0.781. The number of hydrogen-bond acceptors (Lipinski definition) is 3. The summed E-state index contributed by atoms with van der Waals surface area (Å²) in [6.07, 6.45) is 3.82. The van der Waals surface area contributed by atoms with E-state index < -0.39 is 0 Å². The van der Waals surface area contributed by atoms with Crippen molar-refractivity contribution in [1.82, 2.24) is 5.32 Å². The van der Waals surface area contributed by atoms with Crippen molar-refractivity contribution in [2.24, 2.45) is 5.92 Å². The van der Waals surface area contributed by atoms with Crippen molar-refractivity contribution in [3.05, 3.63) is 23.8 Å². The van der Waals surface area contributed by atoms with Gasteiger partial charge in [0, 0.05) is 6.04 Å². The SMILES string of the molecule is CCCNC(COc1ccc(C)cc1OC)C1CC1. The van der Waals surface area contributed by atoms with Crippen molar-refractivity contribution < 1.29 is 9.47 Å². The zero-order valence-corrected chi connectivity index (χ0v) is 12.2. The summed E-state index contributed by atoms with van der Waals surface area (Å²) < 4.78 is 11.3. The minimum absolute atomic E-state index is 0.478. The van der Waals surface area contributed by atoms with Gasteiger partial charge in [0.15, 0.2) is 11.5 Å². The Kier molecular flexibility index (Phi) is 5.08. The fourth-order valence-corrected chi connectivity index (χ4v) is 2.26. The summed E-state index contributed by atoms with van der Waals surface area (Å²) >= 11 is 0. The minimum Gasteiger partial charge on any atom is -0.493 e. The van der Waals surface area contributed by atoms with Crippen LogP contribution in [0.15, 0.2) is 18.2 Å². The van der Waals surface area contributed by atoms with Gasteiger partial charge < -0.3 is 14.8 Å². The highest BCUT2D eigenvalue weighted by Gasteiger charge is 2.31. The van der Waals surface area contributed by atoms with Gasteiger partial charge in [-0.2, -0.15) is 0 Å². The summed E-state index contributed by atoms with van der Waals surface area (Å²) in [5, 5.41) is 3.58. The second-order valence-electron chi connectivity index (χ2n) is 5.36. The second-order valence-corrected chi connectivity index (χ2v) is 5.36. The smallest absolute Gasteiger partial charge is 0.161 e. The lowest BCUT2D eigenvalue weighted by atomic mass is 10.2. The van der Waals surface area contributed by atoms with Crippen LogP contribution in [0.3, 0.4) is 0 Å². The van der Waals surface area contributed by atoms with E-state index in [-0.39, 0.29) is 0 Å². The molecule has 0 radical (unpaired) electrons. The third-order valence-corrected chi connectivity index (χ3v) is 3.59. The Balaban J connectivity index is 1.92. The van der Waals surface area contributed by atoms with Gasteiger partial charge in [-0.15, -0.1) is 0 Å². The van der Waals surface area contributed by atoms with Gasteiger partial charge in [-0.1, -0.05) is 13.0 Å². The summed E-state index contributed by atoms with van der Waals surface area (Å²) in [6.45, 7) is 6.04. The van der Waals surface area contributed by atoms with Gasteiger partial charge in [0.1, 0.15) is 6.61 Å². The molecule has 2 rings (SSSR count). The van der Waals surface area contributed by atoms with Gasteiger partial charge in [0.25, 0.3) is 0 Å². The molecule has 1 aromatic carbocycles. The van der Waals surface area contributed by atoms with Crippen LogP contribution in [0.2, 0.25) is 0 Å². The molecule has 1 aliphatic carbocycles. The molecule has 1 unspecified atom stereocenters. The van der Waals surface area contributed by atoms with E-state index in [0.717, 1.165) is 37.0 Å². The molecule has 106 valence electrons. The molecule has 1 saturated carbocycles. The summed E-state index contributed by atoms with van der Waals surface area (Å²) in [5.41, 5.74) is 1.19. The maximum Gasteiger partial charge on any atom is 0.161 e. The van der Waals surface area contributed by atoms with E-state index in [0.29, 0.717) is 6.04 Å². The normalized spacial score (nSPS) is 16.2. The molecule has 1 N–H and O–H groups in total. The van der Waals surface area contributed by atoms with E-state index in [1.807, 2.05) is 12.1 Å². The number of benzene rings is 1. The number of hydrogen-bond donors (Lipinski definition) is 1. The zero-order valence-electron chi connectivity index (χ0n) is 12.2. The van der Waals surface area contributed by atoms with Gasteiger partial charge in [0.2, 0.25) is 0 Å². The highest BCUT2D eigenvalue weighted by molar-refractivity contribution is 5.42. The number of methoxy groups -OCH3 is 1. The molecule has 0 saturated heterocycles. The molecule has 1 aliphatic rings. The molecule has 1 fully saturated rings. The third-order valence-electron chi connectivity index (χ3n) is 3.59. The second kappa shape index (κ2) is 6.80. The van der Waals surface area contributed by atoms with E-state index in [1.165, 1.54) is 18.4 Å². The maximum absolute atomic E-state index is 5.96. The lowest BCUT2D eigenvalue weighted by molar-refractivity contribution is 0.239. The van der Waals surface area contributed by atoms with Crippen molar-refractivity contribution >= 4 is 0 Å². The van der Waals surface area contributed by atoms with E-state index in [4.69, 9.17) is 9.47 Å². The average molecular weight is 263 g/mol. The zero-order chi connectivity index (χ0) is 13.7. The predicted molar refractivity (Wildman–Crippen MR) is 78.0 cm³/mol. The lowest BCUT2D eigenvalue weighted by Gasteiger charge is -2.19. The van der Waals surface area contributed by atoms with Crippen LogP contribution in [0.4, 0.5) is 0 Å². The average Bonchev–Trinajstić information content (AvgIpc) is 3.24. The Morgan fingerprint density at radius 2 is 2.11 bits per heavy atom. The Labute approximate surface area is 116 Å². The predicted octanol–water partition coefficient (Wildman–Crippen LogP) is 3.16. The van der Waals surface area contributed by atoms with Gasteiger partial charge in [-0.3, -0.25) is 0 Å². The highest BCUT2D eigenvalue weighted by Crippen LogP contribution is 2.34. The summed E-state index contributed by atoms with van der Waals surface area (Å²) in [6, 6.07) is 6.55.